The SMILES string of the molecule is CC(C)NC(C)(CO)CC(C)OC(C)(C)C. The Bertz CT molecular complexity index is 199. The number of nitrogens with one attached hydrogen (secondary N) is 1. The van der Waals surface area contributed by atoms with E-state index in [9.17, 15) is 5.11 Å². The standard InChI is InChI=1S/C13H29NO2/c1-10(2)14-13(7,9-15)8-11(3)16-12(4,5)6/h10-11,14-15H,8-9H2,1-7H3. The summed E-state index contributed by atoms with van der Waals surface area (Å²) in [7, 11) is 0. The minimum absolute atomic E-state index is 0.128. The first-order chi connectivity index (χ1) is 7.08. The quantitative estimate of drug-likeness (QED) is 0.737. The minimum Gasteiger partial charge on any atom is -0.394 e. The zero-order chi connectivity index (χ0) is 13.0. The molecule has 2 N–H and O–H groups in total. The van der Waals surface area contributed by atoms with E-state index in [1.165, 1.54) is 0 Å². The van der Waals surface area contributed by atoms with Crippen LogP contribution in [0.25, 0.3) is 0 Å². The fourth-order valence-corrected chi connectivity index (χ4v) is 2.15. The molecule has 0 radical (unpaired) electrons. The summed E-state index contributed by atoms with van der Waals surface area (Å²) in [6.07, 6.45) is 0.933. The zero-order valence-corrected chi connectivity index (χ0v) is 11.9. The Morgan fingerprint density at radius 1 is 1.12 bits per heavy atom. The average molecular weight is 231 g/mol. The highest BCUT2D eigenvalue weighted by Crippen LogP contribution is 2.19. The molecule has 98 valence electrons. The number of ether oxygens (including phenoxy) is 1. The van der Waals surface area contributed by atoms with Crippen LogP contribution in [0.2, 0.25) is 0 Å². The first-order valence-corrected chi connectivity index (χ1v) is 6.14. The Labute approximate surface area is 101 Å². The van der Waals surface area contributed by atoms with Gasteiger partial charge in [0.05, 0.1) is 18.3 Å². The van der Waals surface area contributed by atoms with Crippen molar-refractivity contribution in [2.75, 3.05) is 6.61 Å². The summed E-state index contributed by atoms with van der Waals surface area (Å²) in [5.41, 5.74) is -0.396. The predicted molar refractivity (Wildman–Crippen MR) is 68.7 cm³/mol. The van der Waals surface area contributed by atoms with E-state index in [1.54, 1.807) is 0 Å². The molecular formula is C13H29NO2. The number of rotatable bonds is 6. The Hall–Kier alpha value is -0.120. The van der Waals surface area contributed by atoms with Gasteiger partial charge in [0.1, 0.15) is 0 Å². The minimum atomic E-state index is -0.265. The van der Waals surface area contributed by atoms with Crippen LogP contribution in [0.4, 0.5) is 0 Å². The lowest BCUT2D eigenvalue weighted by molar-refractivity contribution is -0.0673. The largest absolute Gasteiger partial charge is 0.394 e. The van der Waals surface area contributed by atoms with Gasteiger partial charge in [-0.3, -0.25) is 0 Å². The predicted octanol–water partition coefficient (Wildman–Crippen LogP) is 2.33. The maximum absolute atomic E-state index is 9.46. The summed E-state index contributed by atoms with van der Waals surface area (Å²) in [6.45, 7) is 14.5. The Balaban J connectivity index is 4.30. The van der Waals surface area contributed by atoms with E-state index in [-0.39, 0.29) is 23.9 Å². The molecular weight excluding hydrogens is 202 g/mol. The number of aliphatic hydroxyl groups is 1. The number of aliphatic hydroxyl groups excluding tert-OH is 1. The molecule has 0 rings (SSSR count). The second-order valence-corrected chi connectivity index (χ2v) is 6.26. The van der Waals surface area contributed by atoms with Crippen molar-refractivity contribution in [3.63, 3.8) is 0 Å². The van der Waals surface area contributed by atoms with E-state index in [2.05, 4.69) is 46.9 Å². The average Bonchev–Trinajstić information content (AvgIpc) is 1.98. The van der Waals surface area contributed by atoms with Crippen molar-refractivity contribution in [3.8, 4) is 0 Å². The number of hydrogen-bond donors (Lipinski definition) is 2. The van der Waals surface area contributed by atoms with Crippen LogP contribution in [0, 0.1) is 0 Å². The van der Waals surface area contributed by atoms with Gasteiger partial charge >= 0.3 is 0 Å². The summed E-state index contributed by atoms with van der Waals surface area (Å²) < 4.78 is 5.87. The van der Waals surface area contributed by atoms with Crippen LogP contribution in [0.3, 0.4) is 0 Å². The second-order valence-electron chi connectivity index (χ2n) is 6.26. The lowest BCUT2D eigenvalue weighted by atomic mass is 9.94. The van der Waals surface area contributed by atoms with Crippen molar-refractivity contribution >= 4 is 0 Å². The fourth-order valence-electron chi connectivity index (χ4n) is 2.15. The van der Waals surface area contributed by atoms with Gasteiger partial charge in [-0.15, -0.1) is 0 Å². The third kappa shape index (κ3) is 7.20. The third-order valence-electron chi connectivity index (χ3n) is 2.28. The first-order valence-electron chi connectivity index (χ1n) is 6.14. The Kier molecular flexibility index (Phi) is 5.94. The maximum atomic E-state index is 9.46. The molecule has 2 atom stereocenters. The molecule has 3 nitrogen and oxygen atoms in total. The van der Waals surface area contributed by atoms with Gasteiger partial charge in [0.15, 0.2) is 0 Å². The van der Waals surface area contributed by atoms with Gasteiger partial charge in [0.2, 0.25) is 0 Å². The molecule has 0 heterocycles. The molecule has 3 heteroatoms. The lowest BCUT2D eigenvalue weighted by Crippen LogP contribution is -2.51. The molecule has 0 aliphatic heterocycles. The van der Waals surface area contributed by atoms with Crippen LogP contribution in [0.15, 0.2) is 0 Å². The van der Waals surface area contributed by atoms with Crippen molar-refractivity contribution < 1.29 is 9.84 Å². The van der Waals surface area contributed by atoms with Crippen molar-refractivity contribution in [1.82, 2.24) is 5.32 Å². The summed E-state index contributed by atoms with van der Waals surface area (Å²) in [6, 6.07) is 0.360. The van der Waals surface area contributed by atoms with E-state index in [0.717, 1.165) is 6.42 Å². The molecule has 0 spiro atoms. The Morgan fingerprint density at radius 2 is 1.62 bits per heavy atom. The molecule has 0 aliphatic carbocycles. The molecule has 0 saturated heterocycles. The molecule has 16 heavy (non-hydrogen) atoms. The van der Waals surface area contributed by atoms with Gasteiger partial charge in [0, 0.05) is 11.6 Å². The molecule has 0 fully saturated rings. The maximum Gasteiger partial charge on any atom is 0.0611 e. The lowest BCUT2D eigenvalue weighted by Gasteiger charge is -2.35. The fraction of sp³-hybridized carbons (Fsp3) is 1.00. The van der Waals surface area contributed by atoms with Crippen LogP contribution < -0.4 is 5.32 Å². The highest BCUT2D eigenvalue weighted by atomic mass is 16.5. The van der Waals surface area contributed by atoms with E-state index < -0.39 is 0 Å². The highest BCUT2D eigenvalue weighted by molar-refractivity contribution is 4.86. The molecule has 0 aliphatic rings. The Morgan fingerprint density at radius 3 is 1.94 bits per heavy atom. The normalized spacial score (nSPS) is 18.6. The molecule has 0 aromatic rings. The highest BCUT2D eigenvalue weighted by Gasteiger charge is 2.28. The second kappa shape index (κ2) is 5.99. The summed E-state index contributed by atoms with van der Waals surface area (Å²) in [5.74, 6) is 0. The van der Waals surface area contributed by atoms with Crippen LogP contribution in [-0.2, 0) is 4.74 Å². The van der Waals surface area contributed by atoms with Crippen LogP contribution in [0.1, 0.15) is 54.9 Å². The van der Waals surface area contributed by atoms with Crippen molar-refractivity contribution in [2.24, 2.45) is 0 Å². The molecule has 0 amide bonds. The van der Waals surface area contributed by atoms with Crippen LogP contribution in [-0.4, -0.2) is 35.0 Å². The molecule has 0 aromatic heterocycles. The van der Waals surface area contributed by atoms with E-state index in [1.807, 2.05) is 6.92 Å². The van der Waals surface area contributed by atoms with Crippen molar-refractivity contribution in [3.05, 3.63) is 0 Å². The van der Waals surface area contributed by atoms with Crippen LogP contribution in [0.5, 0.6) is 0 Å². The van der Waals surface area contributed by atoms with Crippen molar-refractivity contribution in [2.45, 2.75) is 78.2 Å². The summed E-state index contributed by atoms with van der Waals surface area (Å²) in [5, 5.41) is 12.9. The molecule has 2 unspecified atom stereocenters. The molecule has 0 aromatic carbocycles. The summed E-state index contributed by atoms with van der Waals surface area (Å²) in [4.78, 5) is 0. The van der Waals surface area contributed by atoms with E-state index >= 15 is 0 Å². The topological polar surface area (TPSA) is 41.5 Å². The zero-order valence-electron chi connectivity index (χ0n) is 11.9. The van der Waals surface area contributed by atoms with Crippen molar-refractivity contribution in [1.29, 1.82) is 0 Å². The van der Waals surface area contributed by atoms with Gasteiger partial charge < -0.3 is 15.2 Å². The van der Waals surface area contributed by atoms with Gasteiger partial charge in [-0.05, 0) is 41.0 Å². The van der Waals surface area contributed by atoms with Gasteiger partial charge in [-0.25, -0.2) is 0 Å². The van der Waals surface area contributed by atoms with E-state index in [0.29, 0.717) is 6.04 Å². The van der Waals surface area contributed by atoms with Gasteiger partial charge in [-0.1, -0.05) is 13.8 Å². The first kappa shape index (κ1) is 15.9. The molecule has 0 saturated carbocycles. The third-order valence-corrected chi connectivity index (χ3v) is 2.28. The van der Waals surface area contributed by atoms with E-state index in [4.69, 9.17) is 4.74 Å². The van der Waals surface area contributed by atoms with Gasteiger partial charge in [0.25, 0.3) is 0 Å². The smallest absolute Gasteiger partial charge is 0.0611 e. The monoisotopic (exact) mass is 231 g/mol. The summed E-state index contributed by atoms with van der Waals surface area (Å²) >= 11 is 0. The molecule has 0 bridgehead atoms. The number of hydrogen-bond acceptors (Lipinski definition) is 3. The van der Waals surface area contributed by atoms with Gasteiger partial charge in [-0.2, -0.15) is 0 Å². The van der Waals surface area contributed by atoms with Crippen LogP contribution >= 0.6 is 0 Å².